The first-order valence-electron chi connectivity index (χ1n) is 8.03. The van der Waals surface area contributed by atoms with Gasteiger partial charge in [-0.25, -0.2) is 4.79 Å². The number of likely N-dealkylation sites (tertiary alicyclic amines) is 1. The van der Waals surface area contributed by atoms with Crippen molar-refractivity contribution in [3.05, 3.63) is 34.7 Å². The number of nitrogens with one attached hydrogen (secondary N) is 2. The Hall–Kier alpha value is -1.73. The average molecular weight is 332 g/mol. The summed E-state index contributed by atoms with van der Waals surface area (Å²) in [5, 5.41) is 3.24. The van der Waals surface area contributed by atoms with Crippen molar-refractivity contribution in [3.63, 3.8) is 0 Å². The highest BCUT2D eigenvalue weighted by molar-refractivity contribution is 7.99. The zero-order chi connectivity index (χ0) is 15.8. The van der Waals surface area contributed by atoms with E-state index in [9.17, 15) is 9.59 Å². The SMILES string of the molecule is O=C([C@H]1CSCN1)N1CCC(n2c(=O)[nH]c3ccccc32)CC1. The van der Waals surface area contributed by atoms with Crippen molar-refractivity contribution in [1.29, 1.82) is 0 Å². The molecule has 0 unspecified atom stereocenters. The van der Waals surface area contributed by atoms with E-state index in [0.717, 1.165) is 48.6 Å². The molecule has 2 fully saturated rings. The van der Waals surface area contributed by atoms with E-state index < -0.39 is 0 Å². The number of aromatic amines is 1. The van der Waals surface area contributed by atoms with Gasteiger partial charge in [-0.15, -0.1) is 11.8 Å². The average Bonchev–Trinajstić information content (AvgIpc) is 3.21. The van der Waals surface area contributed by atoms with E-state index in [-0.39, 0.29) is 23.7 Å². The highest BCUT2D eigenvalue weighted by Crippen LogP contribution is 2.25. The Balaban J connectivity index is 1.49. The Morgan fingerprint density at radius 1 is 1.22 bits per heavy atom. The summed E-state index contributed by atoms with van der Waals surface area (Å²) < 4.78 is 1.86. The molecule has 7 heteroatoms. The van der Waals surface area contributed by atoms with Gasteiger partial charge in [0.05, 0.1) is 17.1 Å². The molecule has 3 heterocycles. The maximum Gasteiger partial charge on any atom is 0.326 e. The van der Waals surface area contributed by atoms with Gasteiger partial charge in [0.15, 0.2) is 0 Å². The number of carbonyl (C=O) groups is 1. The van der Waals surface area contributed by atoms with Gasteiger partial charge in [-0.2, -0.15) is 0 Å². The molecule has 0 spiro atoms. The summed E-state index contributed by atoms with van der Waals surface area (Å²) in [4.78, 5) is 29.6. The zero-order valence-electron chi connectivity index (χ0n) is 12.8. The van der Waals surface area contributed by atoms with E-state index >= 15 is 0 Å². The molecular weight excluding hydrogens is 312 g/mol. The number of nitrogens with zero attached hydrogens (tertiary/aromatic N) is 2. The molecule has 2 N–H and O–H groups in total. The van der Waals surface area contributed by atoms with Crippen molar-refractivity contribution in [2.75, 3.05) is 24.7 Å². The van der Waals surface area contributed by atoms with Gasteiger partial charge in [-0.1, -0.05) is 12.1 Å². The van der Waals surface area contributed by atoms with Crippen molar-refractivity contribution in [3.8, 4) is 0 Å². The molecular formula is C16H20N4O2S. The minimum Gasteiger partial charge on any atom is -0.341 e. The first kappa shape index (κ1) is 14.8. The predicted octanol–water partition coefficient (Wildman–Crippen LogP) is 1.16. The van der Waals surface area contributed by atoms with Crippen LogP contribution in [0, 0.1) is 0 Å². The number of rotatable bonds is 2. The Morgan fingerprint density at radius 3 is 2.74 bits per heavy atom. The first-order chi connectivity index (χ1) is 11.2. The second-order valence-corrected chi connectivity index (χ2v) is 7.18. The van der Waals surface area contributed by atoms with Crippen LogP contribution in [0.15, 0.2) is 29.1 Å². The van der Waals surface area contributed by atoms with Crippen molar-refractivity contribution < 1.29 is 4.79 Å². The van der Waals surface area contributed by atoms with Gasteiger partial charge >= 0.3 is 5.69 Å². The summed E-state index contributed by atoms with van der Waals surface area (Å²) in [5.74, 6) is 1.93. The van der Waals surface area contributed by atoms with Gasteiger partial charge < -0.3 is 9.88 Å². The molecule has 2 aliphatic rings. The van der Waals surface area contributed by atoms with E-state index in [2.05, 4.69) is 10.3 Å². The van der Waals surface area contributed by atoms with Crippen molar-refractivity contribution in [1.82, 2.24) is 19.8 Å². The normalized spacial score (nSPS) is 22.8. The molecule has 2 saturated heterocycles. The monoisotopic (exact) mass is 332 g/mol. The number of carbonyl (C=O) groups excluding carboxylic acids is 1. The summed E-state index contributed by atoms with van der Waals surface area (Å²) in [6, 6.07) is 7.91. The molecule has 0 radical (unpaired) electrons. The molecule has 0 aliphatic carbocycles. The standard InChI is InChI=1S/C16H20N4O2S/c21-15(13-9-23-10-17-13)19-7-5-11(6-8-19)20-14-4-2-1-3-12(14)18-16(20)22/h1-4,11,13,17H,5-10H2,(H,18,22)/t13-/m1/s1. The van der Waals surface area contributed by atoms with E-state index in [0.29, 0.717) is 0 Å². The Labute approximate surface area is 138 Å². The van der Waals surface area contributed by atoms with Crippen molar-refractivity contribution in [2.24, 2.45) is 0 Å². The smallest absolute Gasteiger partial charge is 0.326 e. The maximum absolute atomic E-state index is 12.4. The van der Waals surface area contributed by atoms with E-state index in [1.54, 1.807) is 11.8 Å². The number of thioether (sulfide) groups is 1. The highest BCUT2D eigenvalue weighted by atomic mass is 32.2. The summed E-state index contributed by atoms with van der Waals surface area (Å²) in [6.07, 6.45) is 1.65. The van der Waals surface area contributed by atoms with Crippen LogP contribution in [0.2, 0.25) is 0 Å². The molecule has 2 aliphatic heterocycles. The topological polar surface area (TPSA) is 70.1 Å². The third-order valence-corrected chi connectivity index (χ3v) is 5.72. The predicted molar refractivity (Wildman–Crippen MR) is 91.7 cm³/mol. The zero-order valence-corrected chi connectivity index (χ0v) is 13.6. The van der Waals surface area contributed by atoms with Gasteiger partial charge in [0.2, 0.25) is 5.91 Å². The number of imidazole rings is 1. The van der Waals surface area contributed by atoms with Crippen LogP contribution < -0.4 is 11.0 Å². The fraction of sp³-hybridized carbons (Fsp3) is 0.500. The van der Waals surface area contributed by atoms with Gasteiger partial charge in [-0.3, -0.25) is 14.7 Å². The van der Waals surface area contributed by atoms with Crippen LogP contribution in [-0.2, 0) is 4.79 Å². The number of hydrogen-bond donors (Lipinski definition) is 2. The van der Waals surface area contributed by atoms with Crippen molar-refractivity contribution >= 4 is 28.7 Å². The Morgan fingerprint density at radius 2 is 2.00 bits per heavy atom. The quantitative estimate of drug-likeness (QED) is 0.866. The number of hydrogen-bond acceptors (Lipinski definition) is 4. The van der Waals surface area contributed by atoms with Crippen LogP contribution in [0.1, 0.15) is 18.9 Å². The Kier molecular flexibility index (Phi) is 3.90. The van der Waals surface area contributed by atoms with Crippen LogP contribution >= 0.6 is 11.8 Å². The fourth-order valence-corrected chi connectivity index (χ4v) is 4.49. The lowest BCUT2D eigenvalue weighted by Crippen LogP contribution is -2.48. The summed E-state index contributed by atoms with van der Waals surface area (Å²) in [6.45, 7) is 1.44. The molecule has 4 rings (SSSR count). The van der Waals surface area contributed by atoms with Crippen LogP contribution in [-0.4, -0.2) is 51.1 Å². The van der Waals surface area contributed by atoms with E-state index in [4.69, 9.17) is 0 Å². The van der Waals surface area contributed by atoms with Crippen LogP contribution in [0.5, 0.6) is 0 Å². The van der Waals surface area contributed by atoms with Gasteiger partial charge in [0, 0.05) is 30.8 Å². The first-order valence-corrected chi connectivity index (χ1v) is 9.18. The number of para-hydroxylation sites is 2. The molecule has 23 heavy (non-hydrogen) atoms. The third-order valence-electron chi connectivity index (χ3n) is 4.78. The fourth-order valence-electron chi connectivity index (χ4n) is 3.56. The third kappa shape index (κ3) is 2.68. The van der Waals surface area contributed by atoms with Crippen LogP contribution in [0.4, 0.5) is 0 Å². The number of amides is 1. The summed E-state index contributed by atoms with van der Waals surface area (Å²) in [5.41, 5.74) is 1.78. The summed E-state index contributed by atoms with van der Waals surface area (Å²) >= 11 is 1.77. The second-order valence-electron chi connectivity index (χ2n) is 6.15. The lowest BCUT2D eigenvalue weighted by atomic mass is 10.0. The highest BCUT2D eigenvalue weighted by Gasteiger charge is 2.31. The van der Waals surface area contributed by atoms with Gasteiger partial charge in [0.25, 0.3) is 0 Å². The lowest BCUT2D eigenvalue weighted by Gasteiger charge is -2.33. The number of piperidine rings is 1. The maximum atomic E-state index is 12.4. The largest absolute Gasteiger partial charge is 0.341 e. The molecule has 1 amide bonds. The number of H-pyrrole nitrogens is 1. The molecule has 0 bridgehead atoms. The molecule has 1 atom stereocenters. The molecule has 0 saturated carbocycles. The second kappa shape index (κ2) is 6.05. The van der Waals surface area contributed by atoms with Crippen LogP contribution in [0.25, 0.3) is 11.0 Å². The van der Waals surface area contributed by atoms with Gasteiger partial charge in [0.1, 0.15) is 0 Å². The van der Waals surface area contributed by atoms with Gasteiger partial charge in [-0.05, 0) is 25.0 Å². The number of aromatic nitrogens is 2. The minimum atomic E-state index is -0.0511. The summed E-state index contributed by atoms with van der Waals surface area (Å²) in [7, 11) is 0. The molecule has 122 valence electrons. The molecule has 6 nitrogen and oxygen atoms in total. The number of fused-ring (bicyclic) bond motifs is 1. The molecule has 1 aromatic carbocycles. The van der Waals surface area contributed by atoms with E-state index in [1.807, 2.05) is 33.7 Å². The van der Waals surface area contributed by atoms with Crippen LogP contribution in [0.3, 0.4) is 0 Å². The van der Waals surface area contributed by atoms with E-state index in [1.165, 1.54) is 0 Å². The minimum absolute atomic E-state index is 0.0349. The van der Waals surface area contributed by atoms with Crippen molar-refractivity contribution in [2.45, 2.75) is 24.9 Å². The Bertz CT molecular complexity index is 770. The molecule has 2 aromatic rings. The molecule has 1 aromatic heterocycles. The lowest BCUT2D eigenvalue weighted by molar-refractivity contribution is -0.133. The number of benzene rings is 1.